The summed E-state index contributed by atoms with van der Waals surface area (Å²) in [6.45, 7) is 2.01. The first-order valence-corrected chi connectivity index (χ1v) is 3.17. The number of rotatable bonds is 1. The van der Waals surface area contributed by atoms with E-state index >= 15 is 0 Å². The maximum absolute atomic E-state index is 2.08. The van der Waals surface area contributed by atoms with Gasteiger partial charge in [-0.2, -0.15) is 0 Å². The fourth-order valence-corrected chi connectivity index (χ4v) is 0.643. The van der Waals surface area contributed by atoms with Crippen LogP contribution < -0.4 is 0 Å². The molecule has 0 saturated carbocycles. The van der Waals surface area contributed by atoms with Crippen molar-refractivity contribution in [1.82, 2.24) is 0 Å². The third kappa shape index (κ3) is 4.30. The van der Waals surface area contributed by atoms with Crippen LogP contribution in [0.4, 0.5) is 0 Å². The van der Waals surface area contributed by atoms with Crippen LogP contribution in [-0.2, 0) is 19.4 Å². The molecule has 0 aromatic heterocycles. The van der Waals surface area contributed by atoms with Crippen LogP contribution in [0.25, 0.3) is 0 Å². The molecule has 0 unspecified atom stereocenters. The minimum atomic E-state index is 1.51. The van der Waals surface area contributed by atoms with Crippen molar-refractivity contribution in [1.29, 1.82) is 0 Å². The first kappa shape index (κ1) is 5.30. The SMILES string of the molecule is C/C=C/[CH]=[W]. The van der Waals surface area contributed by atoms with Crippen LogP contribution in [-0.4, -0.2) is 4.40 Å². The molecule has 5 heavy (non-hydrogen) atoms. The molecule has 0 saturated heterocycles. The summed E-state index contributed by atoms with van der Waals surface area (Å²) in [6, 6.07) is 0. The molecular formula is C4H6W. The van der Waals surface area contributed by atoms with Crippen molar-refractivity contribution >= 4 is 4.40 Å². The molecule has 0 atom stereocenters. The second kappa shape index (κ2) is 4.30. The normalized spacial score (nSPS) is 9.00. The zero-order valence-electron chi connectivity index (χ0n) is 3.14. The van der Waals surface area contributed by atoms with E-state index in [4.69, 9.17) is 0 Å². The van der Waals surface area contributed by atoms with E-state index in [0.717, 1.165) is 0 Å². The van der Waals surface area contributed by atoms with E-state index in [0.29, 0.717) is 0 Å². The Morgan fingerprint density at radius 3 is 2.20 bits per heavy atom. The van der Waals surface area contributed by atoms with Crippen molar-refractivity contribution < 1.29 is 19.4 Å². The van der Waals surface area contributed by atoms with E-state index in [9.17, 15) is 0 Å². The van der Waals surface area contributed by atoms with Gasteiger partial charge in [-0.25, -0.2) is 0 Å². The molecule has 0 heterocycles. The summed E-state index contributed by atoms with van der Waals surface area (Å²) in [6.07, 6.45) is 4.06. The molecule has 28 valence electrons. The molecule has 0 N–H and O–H groups in total. The fraction of sp³-hybridized carbons (Fsp3) is 0.250. The van der Waals surface area contributed by atoms with Crippen LogP contribution in [0.2, 0.25) is 0 Å². The third-order valence-corrected chi connectivity index (χ3v) is 0.836. The Morgan fingerprint density at radius 1 is 1.60 bits per heavy atom. The van der Waals surface area contributed by atoms with Crippen molar-refractivity contribution in [3.63, 3.8) is 0 Å². The molecule has 0 rings (SSSR count). The van der Waals surface area contributed by atoms with Gasteiger partial charge < -0.3 is 0 Å². The van der Waals surface area contributed by atoms with E-state index in [2.05, 4.69) is 4.40 Å². The van der Waals surface area contributed by atoms with Crippen LogP contribution in [0.1, 0.15) is 6.92 Å². The predicted octanol–water partition coefficient (Wildman–Crippen LogP) is 0.911. The van der Waals surface area contributed by atoms with Crippen LogP contribution in [0.15, 0.2) is 12.2 Å². The van der Waals surface area contributed by atoms with Gasteiger partial charge in [0.1, 0.15) is 0 Å². The third-order valence-electron chi connectivity index (χ3n) is 0.271. The average Bonchev–Trinajstić information content (AvgIpc) is 1.41. The van der Waals surface area contributed by atoms with Gasteiger partial charge in [0.15, 0.2) is 0 Å². The summed E-state index contributed by atoms with van der Waals surface area (Å²) in [5.74, 6) is 0. The van der Waals surface area contributed by atoms with Gasteiger partial charge in [-0.05, 0) is 0 Å². The predicted molar refractivity (Wildman–Crippen MR) is 20.9 cm³/mol. The van der Waals surface area contributed by atoms with E-state index < -0.39 is 0 Å². The Kier molecular flexibility index (Phi) is 4.55. The van der Waals surface area contributed by atoms with E-state index in [-0.39, 0.29) is 0 Å². The molecule has 0 aliphatic carbocycles. The number of hydrogen-bond donors (Lipinski definition) is 0. The Balaban J connectivity index is 2.92. The van der Waals surface area contributed by atoms with Crippen LogP contribution in [0, 0.1) is 0 Å². The van der Waals surface area contributed by atoms with Gasteiger partial charge >= 0.3 is 42.8 Å². The van der Waals surface area contributed by atoms with E-state index in [1.165, 1.54) is 19.4 Å². The van der Waals surface area contributed by atoms with Gasteiger partial charge in [-0.3, -0.25) is 0 Å². The molecule has 0 radical (unpaired) electrons. The minimum absolute atomic E-state index is 1.51. The summed E-state index contributed by atoms with van der Waals surface area (Å²) in [4.78, 5) is 0. The quantitative estimate of drug-likeness (QED) is 0.636. The van der Waals surface area contributed by atoms with Crippen molar-refractivity contribution in [3.8, 4) is 0 Å². The van der Waals surface area contributed by atoms with Crippen LogP contribution in [0.5, 0.6) is 0 Å². The summed E-state index contributed by atoms with van der Waals surface area (Å²) >= 11 is 1.51. The zero-order valence-corrected chi connectivity index (χ0v) is 6.07. The fourth-order valence-electron chi connectivity index (χ4n) is 0.0786. The van der Waals surface area contributed by atoms with Gasteiger partial charge in [0.05, 0.1) is 0 Å². The zero-order chi connectivity index (χ0) is 4.12. The van der Waals surface area contributed by atoms with E-state index in [1.807, 2.05) is 19.1 Å². The molecule has 0 fully saturated rings. The summed E-state index contributed by atoms with van der Waals surface area (Å²) in [5, 5.41) is 0. The molecule has 0 aliphatic rings. The monoisotopic (exact) mass is 238 g/mol. The van der Waals surface area contributed by atoms with Crippen LogP contribution in [0.3, 0.4) is 0 Å². The molecule has 1 heteroatoms. The van der Waals surface area contributed by atoms with Gasteiger partial charge in [0.2, 0.25) is 0 Å². The standard InChI is InChI=1S/C4H6.W/c1-3-4-2;/h1,3-4H,2H3;/b4-3+;. The van der Waals surface area contributed by atoms with Gasteiger partial charge in [-0.15, -0.1) is 0 Å². The van der Waals surface area contributed by atoms with Gasteiger partial charge in [0, 0.05) is 0 Å². The second-order valence-corrected chi connectivity index (χ2v) is 1.64. The molecule has 0 bridgehead atoms. The first-order chi connectivity index (χ1) is 2.41. The molecule has 0 aromatic carbocycles. The molecular weight excluding hydrogens is 232 g/mol. The van der Waals surface area contributed by atoms with Gasteiger partial charge in [0.25, 0.3) is 0 Å². The first-order valence-electron chi connectivity index (χ1n) is 1.48. The molecule has 0 amide bonds. The molecule has 0 nitrogen and oxygen atoms in total. The molecule has 0 aliphatic heterocycles. The Hall–Kier alpha value is 0.298. The van der Waals surface area contributed by atoms with E-state index in [1.54, 1.807) is 0 Å². The Labute approximate surface area is 43.3 Å². The molecule has 0 spiro atoms. The van der Waals surface area contributed by atoms with Crippen molar-refractivity contribution in [2.24, 2.45) is 0 Å². The summed E-state index contributed by atoms with van der Waals surface area (Å²) < 4.78 is 2.08. The molecule has 0 aromatic rings. The number of allylic oxidation sites excluding steroid dienone is 2. The average molecular weight is 238 g/mol. The van der Waals surface area contributed by atoms with Crippen molar-refractivity contribution in [2.45, 2.75) is 6.92 Å². The van der Waals surface area contributed by atoms with Crippen molar-refractivity contribution in [2.75, 3.05) is 0 Å². The van der Waals surface area contributed by atoms with Gasteiger partial charge in [-0.1, -0.05) is 0 Å². The van der Waals surface area contributed by atoms with Crippen molar-refractivity contribution in [3.05, 3.63) is 12.2 Å². The second-order valence-electron chi connectivity index (χ2n) is 0.662. The van der Waals surface area contributed by atoms with Crippen LogP contribution >= 0.6 is 0 Å². The topological polar surface area (TPSA) is 0 Å². The maximum atomic E-state index is 2.08. The Morgan fingerprint density at radius 2 is 2.20 bits per heavy atom. The summed E-state index contributed by atoms with van der Waals surface area (Å²) in [5.41, 5.74) is 0. The Bertz CT molecular complexity index is 45.6. The number of hydrogen-bond acceptors (Lipinski definition) is 0. The summed E-state index contributed by atoms with van der Waals surface area (Å²) in [7, 11) is 0.